The van der Waals surface area contributed by atoms with Crippen molar-refractivity contribution < 1.29 is 4.42 Å². The van der Waals surface area contributed by atoms with E-state index in [4.69, 9.17) is 4.42 Å². The van der Waals surface area contributed by atoms with Crippen LogP contribution in [-0.4, -0.2) is 0 Å². The lowest BCUT2D eigenvalue weighted by Crippen LogP contribution is -2.16. The second kappa shape index (κ2) is 19.2. The Kier molecular flexibility index (Phi) is 11.7. The fraction of sp³-hybridized carbons (Fsp3) is 0.0294. The number of para-hydroxylation sites is 3. The maximum atomic E-state index is 6.22. The predicted molar refractivity (Wildman–Crippen MR) is 304 cm³/mol. The molecule has 11 aromatic carbocycles. The van der Waals surface area contributed by atoms with Gasteiger partial charge in [0.05, 0.1) is 17.1 Å². The highest BCUT2D eigenvalue weighted by Gasteiger charge is 2.23. The SMILES string of the molecule is Cc1cccc(N(c2ccccc2)c2cc(N(c3ccc(-c4cccc(-c5ccccc5)c4)cc3)c3ccc(-c4ccc5oc6ccccc6c5c4)cc3)cc(N(c3ccccc3)c3cccc(C)c3)c2)c1. The number of hydrogen-bond donors (Lipinski definition) is 0. The fourth-order valence-electron chi connectivity index (χ4n) is 10.0. The standard InChI is InChI=1S/C68H51N3O/c1-48-17-14-27-60(41-48)70(56-23-8-4-9-24-56)63-45-62(46-64(47-63)71(57-25-10-5-11-26-57)61-28-15-18-49(2)42-61)69(58-36-31-51(32-37-58)54-22-16-21-53(43-54)50-19-6-3-7-20-50)59-38-33-52(34-39-59)55-35-40-68-66(44-55)65-29-12-13-30-67(65)72-68/h3-47H,1-2H3. The van der Waals surface area contributed by atoms with Crippen LogP contribution in [0.3, 0.4) is 0 Å². The van der Waals surface area contributed by atoms with Gasteiger partial charge in [0.25, 0.3) is 0 Å². The Hall–Kier alpha value is -9.38. The van der Waals surface area contributed by atoms with Crippen LogP contribution in [-0.2, 0) is 0 Å². The van der Waals surface area contributed by atoms with E-state index < -0.39 is 0 Å². The molecule has 12 rings (SSSR count). The number of anilines is 9. The minimum absolute atomic E-state index is 0.888. The third kappa shape index (κ3) is 8.78. The summed E-state index contributed by atoms with van der Waals surface area (Å²) in [6.45, 7) is 4.32. The summed E-state index contributed by atoms with van der Waals surface area (Å²) < 4.78 is 6.22. The lowest BCUT2D eigenvalue weighted by molar-refractivity contribution is 0.669. The Balaban J connectivity index is 1.06. The minimum Gasteiger partial charge on any atom is -0.456 e. The Morgan fingerprint density at radius 2 is 0.583 bits per heavy atom. The number of furan rings is 1. The number of benzene rings is 11. The van der Waals surface area contributed by atoms with Crippen LogP contribution in [0.4, 0.5) is 51.2 Å². The lowest BCUT2D eigenvalue weighted by atomic mass is 9.98. The van der Waals surface area contributed by atoms with Gasteiger partial charge in [0, 0.05) is 44.9 Å². The van der Waals surface area contributed by atoms with Gasteiger partial charge in [-0.05, 0) is 174 Å². The van der Waals surface area contributed by atoms with E-state index in [1.54, 1.807) is 0 Å². The zero-order chi connectivity index (χ0) is 48.4. The number of nitrogens with zero attached hydrogens (tertiary/aromatic N) is 3. The summed E-state index contributed by atoms with van der Waals surface area (Å²) in [5.74, 6) is 0. The molecule has 0 aliphatic carbocycles. The van der Waals surface area contributed by atoms with Crippen LogP contribution in [0.25, 0.3) is 55.3 Å². The molecule has 0 spiro atoms. The van der Waals surface area contributed by atoms with Gasteiger partial charge in [0.2, 0.25) is 0 Å². The number of rotatable bonds is 12. The van der Waals surface area contributed by atoms with Crippen LogP contribution in [0.15, 0.2) is 277 Å². The number of fused-ring (bicyclic) bond motifs is 3. The van der Waals surface area contributed by atoms with E-state index in [9.17, 15) is 0 Å². The molecule has 0 atom stereocenters. The van der Waals surface area contributed by atoms with Gasteiger partial charge in [-0.15, -0.1) is 0 Å². The summed E-state index contributed by atoms with van der Waals surface area (Å²) in [5.41, 5.74) is 20.5. The van der Waals surface area contributed by atoms with Crippen LogP contribution in [0.2, 0.25) is 0 Å². The first-order chi connectivity index (χ1) is 35.5. The highest BCUT2D eigenvalue weighted by molar-refractivity contribution is 6.06. The van der Waals surface area contributed by atoms with Crippen molar-refractivity contribution in [3.63, 3.8) is 0 Å². The van der Waals surface area contributed by atoms with Gasteiger partial charge in [-0.1, -0.05) is 158 Å². The van der Waals surface area contributed by atoms with Gasteiger partial charge in [0.15, 0.2) is 0 Å². The topological polar surface area (TPSA) is 22.9 Å². The molecule has 344 valence electrons. The molecular weight excluding hydrogens is 875 g/mol. The summed E-state index contributed by atoms with van der Waals surface area (Å²) in [6, 6.07) is 98.1. The van der Waals surface area contributed by atoms with Crippen LogP contribution >= 0.6 is 0 Å². The number of aryl methyl sites for hydroxylation is 2. The van der Waals surface area contributed by atoms with Crippen molar-refractivity contribution in [3.8, 4) is 33.4 Å². The van der Waals surface area contributed by atoms with Gasteiger partial charge in [-0.2, -0.15) is 0 Å². The average molecular weight is 926 g/mol. The van der Waals surface area contributed by atoms with Crippen molar-refractivity contribution in [2.75, 3.05) is 14.7 Å². The monoisotopic (exact) mass is 925 g/mol. The van der Waals surface area contributed by atoms with E-state index in [2.05, 4.69) is 289 Å². The molecule has 12 aromatic rings. The highest BCUT2D eigenvalue weighted by atomic mass is 16.3. The van der Waals surface area contributed by atoms with Crippen molar-refractivity contribution >= 4 is 73.1 Å². The smallest absolute Gasteiger partial charge is 0.135 e. The first kappa shape index (κ1) is 43.9. The van der Waals surface area contributed by atoms with Crippen LogP contribution in [0.1, 0.15) is 11.1 Å². The summed E-state index contributed by atoms with van der Waals surface area (Å²) in [7, 11) is 0. The second-order valence-corrected chi connectivity index (χ2v) is 18.4. The van der Waals surface area contributed by atoms with Gasteiger partial charge in [0.1, 0.15) is 11.2 Å². The molecule has 0 saturated carbocycles. The predicted octanol–water partition coefficient (Wildman–Crippen LogP) is 19.6. The van der Waals surface area contributed by atoms with Crippen molar-refractivity contribution in [1.29, 1.82) is 0 Å². The van der Waals surface area contributed by atoms with Crippen molar-refractivity contribution in [3.05, 3.63) is 284 Å². The second-order valence-electron chi connectivity index (χ2n) is 18.4. The van der Waals surface area contributed by atoms with Crippen LogP contribution < -0.4 is 14.7 Å². The molecule has 0 bridgehead atoms. The molecule has 0 fully saturated rings. The van der Waals surface area contributed by atoms with E-state index in [-0.39, 0.29) is 0 Å². The maximum Gasteiger partial charge on any atom is 0.135 e. The van der Waals surface area contributed by atoms with Gasteiger partial charge >= 0.3 is 0 Å². The molecule has 4 nitrogen and oxygen atoms in total. The van der Waals surface area contributed by atoms with E-state index in [0.29, 0.717) is 0 Å². The first-order valence-electron chi connectivity index (χ1n) is 24.6. The highest BCUT2D eigenvalue weighted by Crippen LogP contribution is 2.47. The summed E-state index contributed by atoms with van der Waals surface area (Å²) >= 11 is 0. The average Bonchev–Trinajstić information content (AvgIpc) is 3.81. The molecular formula is C68H51N3O. The summed E-state index contributed by atoms with van der Waals surface area (Å²) in [6.07, 6.45) is 0. The van der Waals surface area contributed by atoms with Crippen LogP contribution in [0.5, 0.6) is 0 Å². The van der Waals surface area contributed by atoms with E-state index in [1.807, 2.05) is 12.1 Å². The Labute approximate surface area is 421 Å². The molecule has 1 aromatic heterocycles. The Morgan fingerprint density at radius 3 is 1.10 bits per heavy atom. The van der Waals surface area contributed by atoms with E-state index >= 15 is 0 Å². The minimum atomic E-state index is 0.888. The van der Waals surface area contributed by atoms with E-state index in [0.717, 1.165) is 89.8 Å². The lowest BCUT2D eigenvalue weighted by Gasteiger charge is -2.33. The third-order valence-electron chi connectivity index (χ3n) is 13.5. The molecule has 1 heterocycles. The molecule has 4 heteroatoms. The summed E-state index contributed by atoms with van der Waals surface area (Å²) in [4.78, 5) is 7.14. The van der Waals surface area contributed by atoms with Gasteiger partial charge < -0.3 is 19.1 Å². The zero-order valence-corrected chi connectivity index (χ0v) is 40.2. The molecule has 72 heavy (non-hydrogen) atoms. The molecule has 0 N–H and O–H groups in total. The third-order valence-corrected chi connectivity index (χ3v) is 13.5. The van der Waals surface area contributed by atoms with Crippen molar-refractivity contribution in [1.82, 2.24) is 0 Å². The molecule has 0 radical (unpaired) electrons. The fourth-order valence-corrected chi connectivity index (χ4v) is 10.0. The Bertz CT molecular complexity index is 3720. The number of hydrogen-bond acceptors (Lipinski definition) is 4. The van der Waals surface area contributed by atoms with Gasteiger partial charge in [-0.25, -0.2) is 0 Å². The largest absolute Gasteiger partial charge is 0.456 e. The first-order valence-corrected chi connectivity index (χ1v) is 24.6. The normalized spacial score (nSPS) is 11.2. The Morgan fingerprint density at radius 1 is 0.222 bits per heavy atom. The molecule has 0 aliphatic rings. The maximum absolute atomic E-state index is 6.22. The van der Waals surface area contributed by atoms with Crippen LogP contribution in [0, 0.1) is 13.8 Å². The van der Waals surface area contributed by atoms with Crippen molar-refractivity contribution in [2.24, 2.45) is 0 Å². The summed E-state index contributed by atoms with van der Waals surface area (Å²) in [5, 5.41) is 2.23. The zero-order valence-electron chi connectivity index (χ0n) is 40.2. The molecule has 0 amide bonds. The molecule has 0 saturated heterocycles. The van der Waals surface area contributed by atoms with Crippen molar-refractivity contribution in [2.45, 2.75) is 13.8 Å². The molecule has 0 unspecified atom stereocenters. The quantitative estimate of drug-likeness (QED) is 0.122. The van der Waals surface area contributed by atoms with E-state index in [1.165, 1.54) is 27.8 Å². The molecule has 0 aliphatic heterocycles. The van der Waals surface area contributed by atoms with Gasteiger partial charge in [-0.3, -0.25) is 0 Å².